The lowest BCUT2D eigenvalue weighted by Crippen LogP contribution is -2.05. The van der Waals surface area contributed by atoms with Crippen LogP contribution in [0.5, 0.6) is 5.75 Å². The van der Waals surface area contributed by atoms with Gasteiger partial charge in [-0.25, -0.2) is 14.8 Å². The van der Waals surface area contributed by atoms with E-state index >= 15 is 0 Å². The molecule has 1 N–H and O–H groups in total. The number of nitrogens with zero attached hydrogens (tertiary/aromatic N) is 2. The van der Waals surface area contributed by atoms with E-state index in [2.05, 4.69) is 20.0 Å². The highest BCUT2D eigenvalue weighted by Crippen LogP contribution is 2.27. The number of ether oxygens (including phenoxy) is 2. The molecule has 3 aromatic rings. The number of benzene rings is 1. The van der Waals surface area contributed by atoms with E-state index in [1.54, 1.807) is 31.6 Å². The van der Waals surface area contributed by atoms with Gasteiger partial charge in [0.05, 0.1) is 14.2 Å². The summed E-state index contributed by atoms with van der Waals surface area (Å²) >= 11 is 0. The molecule has 0 saturated heterocycles. The quantitative estimate of drug-likeness (QED) is 0.746. The van der Waals surface area contributed by atoms with Gasteiger partial charge in [0.25, 0.3) is 0 Å². The first kappa shape index (κ1) is 14.8. The molecule has 0 radical (unpaired) electrons. The van der Waals surface area contributed by atoms with Gasteiger partial charge in [0.1, 0.15) is 17.3 Å². The number of rotatable bonds is 4. The van der Waals surface area contributed by atoms with Crippen molar-refractivity contribution in [1.29, 1.82) is 0 Å². The van der Waals surface area contributed by atoms with Crippen LogP contribution in [0.3, 0.4) is 0 Å². The number of esters is 1. The highest BCUT2D eigenvalue weighted by Gasteiger charge is 2.09. The summed E-state index contributed by atoms with van der Waals surface area (Å²) in [6, 6.07) is 11.1. The molecule has 0 aliphatic carbocycles. The SMILES string of the molecule is COC(=O)c1cc(Nc2nccc3ccc(OC)cc23)ccn1. The monoisotopic (exact) mass is 309 g/mol. The molecule has 2 aromatic heterocycles. The average Bonchev–Trinajstić information content (AvgIpc) is 2.61. The minimum atomic E-state index is -0.485. The van der Waals surface area contributed by atoms with Crippen LogP contribution in [0.2, 0.25) is 0 Å². The molecule has 0 bridgehead atoms. The van der Waals surface area contributed by atoms with Gasteiger partial charge in [-0.1, -0.05) is 6.07 Å². The number of nitrogens with one attached hydrogen (secondary N) is 1. The third kappa shape index (κ3) is 3.06. The number of hydrogen-bond donors (Lipinski definition) is 1. The van der Waals surface area contributed by atoms with E-state index in [9.17, 15) is 4.79 Å². The second kappa shape index (κ2) is 6.31. The molecule has 6 nitrogen and oxygen atoms in total. The molecule has 3 rings (SSSR count). The fraction of sp³-hybridized carbons (Fsp3) is 0.118. The number of pyridine rings is 2. The maximum Gasteiger partial charge on any atom is 0.356 e. The number of carbonyl (C=O) groups excluding carboxylic acids is 1. The normalized spacial score (nSPS) is 10.3. The molecule has 116 valence electrons. The van der Waals surface area contributed by atoms with E-state index in [0.717, 1.165) is 16.5 Å². The van der Waals surface area contributed by atoms with Crippen molar-refractivity contribution in [3.05, 3.63) is 54.5 Å². The maximum absolute atomic E-state index is 11.6. The van der Waals surface area contributed by atoms with Crippen molar-refractivity contribution in [2.45, 2.75) is 0 Å². The van der Waals surface area contributed by atoms with Crippen molar-refractivity contribution in [1.82, 2.24) is 9.97 Å². The van der Waals surface area contributed by atoms with Crippen LogP contribution >= 0.6 is 0 Å². The summed E-state index contributed by atoms with van der Waals surface area (Å²) in [4.78, 5) is 19.9. The van der Waals surface area contributed by atoms with Crippen LogP contribution < -0.4 is 10.1 Å². The van der Waals surface area contributed by atoms with Crippen molar-refractivity contribution in [3.8, 4) is 5.75 Å². The summed E-state index contributed by atoms with van der Waals surface area (Å²) in [5, 5.41) is 5.16. The minimum absolute atomic E-state index is 0.232. The predicted molar refractivity (Wildman–Crippen MR) is 87.2 cm³/mol. The number of anilines is 2. The Morgan fingerprint density at radius 1 is 1.04 bits per heavy atom. The number of aromatic nitrogens is 2. The zero-order valence-electron chi connectivity index (χ0n) is 12.7. The third-order valence-electron chi connectivity index (χ3n) is 3.39. The first-order chi connectivity index (χ1) is 11.2. The summed E-state index contributed by atoms with van der Waals surface area (Å²) in [6.07, 6.45) is 3.26. The van der Waals surface area contributed by atoms with Gasteiger partial charge in [-0.15, -0.1) is 0 Å². The fourth-order valence-electron chi connectivity index (χ4n) is 2.24. The number of carbonyl (C=O) groups is 1. The average molecular weight is 309 g/mol. The molecular formula is C17H15N3O3. The first-order valence-electron chi connectivity index (χ1n) is 6.95. The van der Waals surface area contributed by atoms with Crippen LogP contribution in [-0.4, -0.2) is 30.2 Å². The Bertz CT molecular complexity index is 865. The molecule has 0 saturated carbocycles. The highest BCUT2D eigenvalue weighted by molar-refractivity contribution is 5.94. The lowest BCUT2D eigenvalue weighted by atomic mass is 10.1. The number of fused-ring (bicyclic) bond motifs is 1. The second-order valence-corrected chi connectivity index (χ2v) is 4.79. The topological polar surface area (TPSA) is 73.3 Å². The Morgan fingerprint density at radius 3 is 2.65 bits per heavy atom. The van der Waals surface area contributed by atoms with Crippen LogP contribution in [0, 0.1) is 0 Å². The molecule has 1 aromatic carbocycles. The Morgan fingerprint density at radius 2 is 1.87 bits per heavy atom. The first-order valence-corrected chi connectivity index (χ1v) is 6.95. The second-order valence-electron chi connectivity index (χ2n) is 4.79. The fourth-order valence-corrected chi connectivity index (χ4v) is 2.24. The highest BCUT2D eigenvalue weighted by atomic mass is 16.5. The van der Waals surface area contributed by atoms with E-state index in [-0.39, 0.29) is 5.69 Å². The third-order valence-corrected chi connectivity index (χ3v) is 3.39. The summed E-state index contributed by atoms with van der Waals surface area (Å²) in [5.74, 6) is 0.933. The van der Waals surface area contributed by atoms with Crippen molar-refractivity contribution < 1.29 is 14.3 Å². The van der Waals surface area contributed by atoms with E-state index in [4.69, 9.17) is 4.74 Å². The van der Waals surface area contributed by atoms with Crippen LogP contribution in [0.1, 0.15) is 10.5 Å². The molecule has 6 heteroatoms. The van der Waals surface area contributed by atoms with Crippen LogP contribution in [0.15, 0.2) is 48.8 Å². The van der Waals surface area contributed by atoms with Gasteiger partial charge in [-0.2, -0.15) is 0 Å². The lowest BCUT2D eigenvalue weighted by Gasteiger charge is -2.10. The van der Waals surface area contributed by atoms with Gasteiger partial charge >= 0.3 is 5.97 Å². The van der Waals surface area contributed by atoms with Crippen molar-refractivity contribution >= 4 is 28.2 Å². The van der Waals surface area contributed by atoms with E-state index < -0.39 is 5.97 Å². The van der Waals surface area contributed by atoms with Gasteiger partial charge in [-0.05, 0) is 35.7 Å². The standard InChI is InChI=1S/C17H15N3O3/c1-22-13-4-3-11-5-7-19-16(14(11)10-13)20-12-6-8-18-15(9-12)17(21)23-2/h3-10H,1-2H3,(H,18,19,20). The van der Waals surface area contributed by atoms with E-state index in [1.807, 2.05) is 24.3 Å². The Kier molecular flexibility index (Phi) is 4.05. The van der Waals surface area contributed by atoms with Crippen LogP contribution in [-0.2, 0) is 4.74 Å². The zero-order valence-corrected chi connectivity index (χ0v) is 12.7. The van der Waals surface area contributed by atoms with Crippen molar-refractivity contribution in [3.63, 3.8) is 0 Å². The van der Waals surface area contributed by atoms with Gasteiger partial charge in [0.2, 0.25) is 0 Å². The molecule has 0 amide bonds. The molecule has 23 heavy (non-hydrogen) atoms. The summed E-state index contributed by atoms with van der Waals surface area (Å²) < 4.78 is 9.95. The number of hydrogen-bond acceptors (Lipinski definition) is 6. The van der Waals surface area contributed by atoms with Crippen molar-refractivity contribution in [2.24, 2.45) is 0 Å². The summed E-state index contributed by atoms with van der Waals surface area (Å²) in [6.45, 7) is 0. The molecular weight excluding hydrogens is 294 g/mol. The molecule has 2 heterocycles. The molecule has 0 unspecified atom stereocenters. The molecule has 0 aliphatic heterocycles. The summed E-state index contributed by atoms with van der Waals surface area (Å²) in [7, 11) is 2.94. The maximum atomic E-state index is 11.6. The molecule has 0 fully saturated rings. The predicted octanol–water partition coefficient (Wildman–Crippen LogP) is 3.17. The minimum Gasteiger partial charge on any atom is -0.497 e. The van der Waals surface area contributed by atoms with Crippen LogP contribution in [0.25, 0.3) is 10.8 Å². The Labute approximate surface area is 133 Å². The van der Waals surface area contributed by atoms with Gasteiger partial charge in [0, 0.05) is 23.5 Å². The Balaban J connectivity index is 2.00. The van der Waals surface area contributed by atoms with Crippen molar-refractivity contribution in [2.75, 3.05) is 19.5 Å². The molecule has 0 aliphatic rings. The number of methoxy groups -OCH3 is 2. The van der Waals surface area contributed by atoms with Gasteiger partial charge in [-0.3, -0.25) is 0 Å². The molecule has 0 atom stereocenters. The zero-order chi connectivity index (χ0) is 16.2. The lowest BCUT2D eigenvalue weighted by molar-refractivity contribution is 0.0594. The van der Waals surface area contributed by atoms with E-state index in [1.165, 1.54) is 7.11 Å². The van der Waals surface area contributed by atoms with Gasteiger partial charge < -0.3 is 14.8 Å². The Hall–Kier alpha value is -3.15. The van der Waals surface area contributed by atoms with E-state index in [0.29, 0.717) is 11.5 Å². The largest absolute Gasteiger partial charge is 0.497 e. The molecule has 0 spiro atoms. The van der Waals surface area contributed by atoms with Gasteiger partial charge in [0.15, 0.2) is 0 Å². The smallest absolute Gasteiger partial charge is 0.356 e. The summed E-state index contributed by atoms with van der Waals surface area (Å²) in [5.41, 5.74) is 0.929. The van der Waals surface area contributed by atoms with Crippen LogP contribution in [0.4, 0.5) is 11.5 Å².